The molecule has 1 aliphatic rings. The fourth-order valence-corrected chi connectivity index (χ4v) is 5.64. The first kappa shape index (κ1) is 23.3. The van der Waals surface area contributed by atoms with Crippen molar-refractivity contribution < 1.29 is 4.48 Å². The monoisotopic (exact) mass is 490 g/mol. The molecule has 0 aromatic heterocycles. The smallest absolute Gasteiger partial charge is 0.105 e. The molecule has 0 spiro atoms. The molecular weight excluding hydrogens is 454 g/mol. The summed E-state index contributed by atoms with van der Waals surface area (Å²) in [5, 5.41) is 0. The molecule has 32 heavy (non-hydrogen) atoms. The molecule has 3 aromatic carbocycles. The lowest BCUT2D eigenvalue weighted by molar-refractivity contribution is -0.961. The van der Waals surface area contributed by atoms with Crippen molar-refractivity contribution in [3.8, 4) is 0 Å². The zero-order chi connectivity index (χ0) is 22.6. The van der Waals surface area contributed by atoms with Crippen LogP contribution in [-0.2, 0) is 24.9 Å². The Morgan fingerprint density at radius 1 is 0.781 bits per heavy atom. The molecule has 2 atom stereocenters. The van der Waals surface area contributed by atoms with Crippen LogP contribution in [0.1, 0.15) is 55.9 Å². The second-order valence-electron chi connectivity index (χ2n) is 10.8. The van der Waals surface area contributed by atoms with Crippen molar-refractivity contribution in [2.24, 2.45) is 5.92 Å². The van der Waals surface area contributed by atoms with Crippen LogP contribution < -0.4 is 0 Å². The number of piperidine rings is 1. The molecule has 0 unspecified atom stereocenters. The Balaban J connectivity index is 1.53. The number of hydrogen-bond acceptors (Lipinski definition) is 0. The lowest BCUT2D eigenvalue weighted by Crippen LogP contribution is -2.53. The van der Waals surface area contributed by atoms with Gasteiger partial charge in [0.25, 0.3) is 0 Å². The predicted octanol–water partition coefficient (Wildman–Crippen LogP) is 7.92. The average molecular weight is 492 g/mol. The van der Waals surface area contributed by atoms with E-state index < -0.39 is 0 Å². The van der Waals surface area contributed by atoms with Crippen LogP contribution in [0.5, 0.6) is 0 Å². The lowest BCUT2D eigenvalue weighted by atomic mass is 9.85. The fraction of sp³-hybridized carbons (Fsp3) is 0.400. The molecule has 0 radical (unpaired) electrons. The van der Waals surface area contributed by atoms with E-state index in [9.17, 15) is 0 Å². The molecule has 3 aromatic rings. The summed E-state index contributed by atoms with van der Waals surface area (Å²) in [4.78, 5) is 0. The number of rotatable bonds is 6. The summed E-state index contributed by atoms with van der Waals surface area (Å²) in [5.41, 5.74) is 6.04. The van der Waals surface area contributed by atoms with Gasteiger partial charge in [0.05, 0.1) is 13.1 Å². The molecule has 0 aliphatic carbocycles. The standard InChI is InChI=1S/C30H37BrN/c1-30(2,3)28-15-11-24(12-16-28)20-27-10-7-19-32(23-27,21-25-8-5-4-6-9-25)22-26-13-17-29(31)18-14-26/h4-6,8-9,11-18,27H,7,10,19-23H2,1-3H3/q+1/t27-,32+/m0/s1. The number of likely N-dealkylation sites (tertiary alicyclic amines) is 1. The Labute approximate surface area is 203 Å². The molecule has 0 bridgehead atoms. The quantitative estimate of drug-likeness (QED) is 0.307. The first-order valence-corrected chi connectivity index (χ1v) is 12.8. The molecule has 1 aliphatic heterocycles. The minimum atomic E-state index is 0.218. The van der Waals surface area contributed by atoms with Crippen molar-refractivity contribution in [3.63, 3.8) is 0 Å². The van der Waals surface area contributed by atoms with Crippen LogP contribution in [0.25, 0.3) is 0 Å². The van der Waals surface area contributed by atoms with E-state index in [4.69, 9.17) is 0 Å². The number of halogens is 1. The summed E-state index contributed by atoms with van der Waals surface area (Å²) in [6.07, 6.45) is 3.85. The Morgan fingerprint density at radius 2 is 1.38 bits per heavy atom. The third-order valence-electron chi connectivity index (χ3n) is 7.03. The molecule has 1 fully saturated rings. The summed E-state index contributed by atoms with van der Waals surface area (Å²) in [6.45, 7) is 11.6. The Kier molecular flexibility index (Phi) is 7.22. The van der Waals surface area contributed by atoms with Gasteiger partial charge < -0.3 is 4.48 Å². The van der Waals surface area contributed by atoms with Crippen molar-refractivity contribution >= 4 is 15.9 Å². The lowest BCUT2D eigenvalue weighted by Gasteiger charge is -2.45. The van der Waals surface area contributed by atoms with Gasteiger partial charge in [-0.05, 0) is 47.9 Å². The third-order valence-corrected chi connectivity index (χ3v) is 7.56. The van der Waals surface area contributed by atoms with E-state index in [1.54, 1.807) is 0 Å². The first-order chi connectivity index (χ1) is 15.3. The van der Waals surface area contributed by atoms with E-state index in [1.165, 1.54) is 54.6 Å². The Hall–Kier alpha value is -1.90. The molecule has 1 saturated heterocycles. The molecular formula is C30H37BrN+. The Bertz CT molecular complexity index is 986. The van der Waals surface area contributed by atoms with Crippen molar-refractivity contribution in [2.45, 2.75) is 58.5 Å². The van der Waals surface area contributed by atoms with E-state index >= 15 is 0 Å². The van der Waals surface area contributed by atoms with Crippen molar-refractivity contribution in [2.75, 3.05) is 13.1 Å². The maximum atomic E-state index is 3.60. The SMILES string of the molecule is CC(C)(C)c1ccc(C[C@@H]2CCC[N@@+](Cc3ccccc3)(Cc3ccc(Br)cc3)C2)cc1. The molecule has 0 saturated carbocycles. The molecule has 0 N–H and O–H groups in total. The zero-order valence-corrected chi connectivity index (χ0v) is 21.4. The van der Waals surface area contributed by atoms with Gasteiger partial charge in [0.2, 0.25) is 0 Å². The topological polar surface area (TPSA) is 0 Å². The normalized spacial score (nSPS) is 21.4. The second kappa shape index (κ2) is 9.93. The van der Waals surface area contributed by atoms with Crippen molar-refractivity contribution in [1.82, 2.24) is 0 Å². The number of nitrogens with zero attached hydrogens (tertiary/aromatic N) is 1. The van der Waals surface area contributed by atoms with Gasteiger partial charge in [-0.3, -0.25) is 0 Å². The third kappa shape index (κ3) is 6.11. The van der Waals surface area contributed by atoms with E-state index in [1.807, 2.05) is 0 Å². The van der Waals surface area contributed by atoms with Gasteiger partial charge in [-0.25, -0.2) is 0 Å². The number of quaternary nitrogens is 1. The Morgan fingerprint density at radius 3 is 2.00 bits per heavy atom. The van der Waals surface area contributed by atoms with Gasteiger partial charge in [-0.2, -0.15) is 0 Å². The second-order valence-corrected chi connectivity index (χ2v) is 11.8. The summed E-state index contributed by atoms with van der Waals surface area (Å²) < 4.78 is 2.32. The largest absolute Gasteiger partial charge is 0.316 e. The number of benzene rings is 3. The summed E-state index contributed by atoms with van der Waals surface area (Å²) in [6, 6.07) is 29.5. The molecule has 4 rings (SSSR count). The van der Waals surface area contributed by atoms with Gasteiger partial charge in [0.15, 0.2) is 0 Å². The van der Waals surface area contributed by atoms with E-state index in [2.05, 4.69) is 116 Å². The van der Waals surface area contributed by atoms with Gasteiger partial charge in [0.1, 0.15) is 13.1 Å². The summed E-state index contributed by atoms with van der Waals surface area (Å²) in [5.74, 6) is 0.739. The molecule has 168 valence electrons. The highest BCUT2D eigenvalue weighted by molar-refractivity contribution is 9.10. The summed E-state index contributed by atoms with van der Waals surface area (Å²) in [7, 11) is 0. The van der Waals surface area contributed by atoms with Crippen molar-refractivity contribution in [1.29, 1.82) is 0 Å². The molecule has 2 heteroatoms. The highest BCUT2D eigenvalue weighted by Gasteiger charge is 2.35. The first-order valence-electron chi connectivity index (χ1n) is 12.0. The maximum Gasteiger partial charge on any atom is 0.105 e. The zero-order valence-electron chi connectivity index (χ0n) is 19.9. The highest BCUT2D eigenvalue weighted by atomic mass is 79.9. The average Bonchev–Trinajstić information content (AvgIpc) is 2.76. The van der Waals surface area contributed by atoms with Crippen LogP contribution in [0.3, 0.4) is 0 Å². The van der Waals surface area contributed by atoms with Crippen LogP contribution in [-0.4, -0.2) is 17.6 Å². The van der Waals surface area contributed by atoms with Crippen LogP contribution in [0.15, 0.2) is 83.3 Å². The van der Waals surface area contributed by atoms with E-state index in [0.29, 0.717) is 0 Å². The van der Waals surface area contributed by atoms with E-state index in [-0.39, 0.29) is 5.41 Å². The van der Waals surface area contributed by atoms with Crippen LogP contribution in [0.4, 0.5) is 0 Å². The highest BCUT2D eigenvalue weighted by Crippen LogP contribution is 2.32. The number of hydrogen-bond donors (Lipinski definition) is 0. The minimum absolute atomic E-state index is 0.218. The van der Waals surface area contributed by atoms with Gasteiger partial charge >= 0.3 is 0 Å². The fourth-order valence-electron chi connectivity index (χ4n) is 5.38. The van der Waals surface area contributed by atoms with Crippen molar-refractivity contribution in [3.05, 3.63) is 106 Å². The maximum absolute atomic E-state index is 3.60. The summed E-state index contributed by atoms with van der Waals surface area (Å²) >= 11 is 3.60. The van der Waals surface area contributed by atoms with Gasteiger partial charge in [-0.1, -0.05) is 103 Å². The molecule has 0 amide bonds. The van der Waals surface area contributed by atoms with Gasteiger partial charge in [0, 0.05) is 21.5 Å². The van der Waals surface area contributed by atoms with Crippen LogP contribution in [0.2, 0.25) is 0 Å². The predicted molar refractivity (Wildman–Crippen MR) is 140 cm³/mol. The van der Waals surface area contributed by atoms with E-state index in [0.717, 1.165) is 28.0 Å². The molecule has 1 nitrogen and oxygen atoms in total. The van der Waals surface area contributed by atoms with Gasteiger partial charge in [-0.15, -0.1) is 0 Å². The van der Waals surface area contributed by atoms with Crippen LogP contribution >= 0.6 is 15.9 Å². The molecule has 1 heterocycles. The minimum Gasteiger partial charge on any atom is -0.316 e. The van der Waals surface area contributed by atoms with Crippen LogP contribution in [0, 0.1) is 5.92 Å².